The lowest BCUT2D eigenvalue weighted by Gasteiger charge is -2.13. The number of carbonyl (C=O) groups is 1. The van der Waals surface area contributed by atoms with Crippen molar-refractivity contribution in [3.63, 3.8) is 0 Å². The number of rotatable bonds is 6. The van der Waals surface area contributed by atoms with Gasteiger partial charge in [0.1, 0.15) is 5.41 Å². The molecule has 3 unspecified atom stereocenters. The van der Waals surface area contributed by atoms with Crippen molar-refractivity contribution < 1.29 is 13.6 Å². The van der Waals surface area contributed by atoms with Crippen LogP contribution in [0.1, 0.15) is 87.1 Å². The predicted molar refractivity (Wildman–Crippen MR) is 106 cm³/mol. The SMILES string of the molecule is CCC(F)(P)CC.CCCC(=O)c1nc2n(n1)C(c1ccccc1)CC2F. The summed E-state index contributed by atoms with van der Waals surface area (Å²) < 4.78 is 28.2. The van der Waals surface area contributed by atoms with Gasteiger partial charge in [0.05, 0.1) is 6.04 Å². The standard InChI is InChI=1S/C15H16FN3O.C5H12FP/c1-2-6-13(20)14-17-15-11(16)9-12(19(15)18-14)10-7-4-3-5-8-10;1-3-5(6,7)4-2/h3-5,7-8,11-12H,2,6,9H2,1H3;3-4,7H2,1-2H3. The van der Waals surface area contributed by atoms with Gasteiger partial charge in [-0.2, -0.15) is 0 Å². The fourth-order valence-corrected chi connectivity index (χ4v) is 2.84. The van der Waals surface area contributed by atoms with Crippen LogP contribution < -0.4 is 0 Å². The predicted octanol–water partition coefficient (Wildman–Crippen LogP) is 5.61. The molecule has 3 atom stereocenters. The normalized spacial score (nSPS) is 18.6. The van der Waals surface area contributed by atoms with Crippen LogP contribution in [0, 0.1) is 0 Å². The minimum Gasteiger partial charge on any atom is -0.291 e. The number of alkyl halides is 2. The van der Waals surface area contributed by atoms with Crippen LogP contribution in [0.3, 0.4) is 0 Å². The van der Waals surface area contributed by atoms with E-state index in [2.05, 4.69) is 19.3 Å². The summed E-state index contributed by atoms with van der Waals surface area (Å²) in [5.41, 5.74) is 0.994. The Hall–Kier alpha value is -1.68. The Morgan fingerprint density at radius 3 is 2.41 bits per heavy atom. The third-order valence-electron chi connectivity index (χ3n) is 4.75. The number of carbonyl (C=O) groups excluding carboxylic acids is 1. The van der Waals surface area contributed by atoms with E-state index in [-0.39, 0.29) is 23.5 Å². The smallest absolute Gasteiger partial charge is 0.217 e. The third-order valence-corrected chi connectivity index (χ3v) is 5.57. The Bertz CT molecular complexity index is 743. The van der Waals surface area contributed by atoms with Gasteiger partial charge in [0.25, 0.3) is 0 Å². The summed E-state index contributed by atoms with van der Waals surface area (Å²) in [6.45, 7) is 5.61. The first-order valence-corrected chi connectivity index (χ1v) is 10.1. The van der Waals surface area contributed by atoms with Crippen LogP contribution in [-0.2, 0) is 0 Å². The molecule has 0 saturated heterocycles. The second-order valence-electron chi connectivity index (χ2n) is 6.78. The van der Waals surface area contributed by atoms with Crippen molar-refractivity contribution >= 4 is 15.0 Å². The molecule has 2 heterocycles. The summed E-state index contributed by atoms with van der Waals surface area (Å²) in [6.07, 6.45) is 1.50. The minimum absolute atomic E-state index is 0.117. The van der Waals surface area contributed by atoms with Crippen LogP contribution in [0.5, 0.6) is 0 Å². The van der Waals surface area contributed by atoms with Crippen LogP contribution in [0.2, 0.25) is 0 Å². The molecular weight excluding hydrogens is 367 g/mol. The van der Waals surface area contributed by atoms with E-state index in [1.165, 1.54) is 0 Å². The van der Waals surface area contributed by atoms with Gasteiger partial charge >= 0.3 is 0 Å². The molecule has 27 heavy (non-hydrogen) atoms. The molecule has 3 rings (SSSR count). The van der Waals surface area contributed by atoms with Gasteiger partial charge in [0.2, 0.25) is 11.6 Å². The second-order valence-corrected chi connectivity index (χ2v) is 7.82. The van der Waals surface area contributed by atoms with Crippen molar-refractivity contribution in [3.8, 4) is 0 Å². The van der Waals surface area contributed by atoms with Crippen molar-refractivity contribution in [3.05, 3.63) is 47.5 Å². The number of benzene rings is 1. The highest BCUT2D eigenvalue weighted by molar-refractivity contribution is 7.18. The summed E-state index contributed by atoms with van der Waals surface area (Å²) in [4.78, 5) is 15.9. The maximum atomic E-state index is 14.1. The topological polar surface area (TPSA) is 47.8 Å². The Morgan fingerprint density at radius 2 is 1.89 bits per heavy atom. The number of hydrogen-bond acceptors (Lipinski definition) is 3. The zero-order valence-electron chi connectivity index (χ0n) is 16.2. The van der Waals surface area contributed by atoms with Gasteiger partial charge in [-0.15, -0.1) is 5.10 Å². The van der Waals surface area contributed by atoms with E-state index in [0.717, 1.165) is 12.0 Å². The highest BCUT2D eigenvalue weighted by Crippen LogP contribution is 2.39. The van der Waals surface area contributed by atoms with Crippen molar-refractivity contribution in [2.75, 3.05) is 0 Å². The Morgan fingerprint density at radius 1 is 1.26 bits per heavy atom. The molecule has 1 aliphatic heterocycles. The van der Waals surface area contributed by atoms with Crippen LogP contribution in [0.25, 0.3) is 0 Å². The average molecular weight is 395 g/mol. The van der Waals surface area contributed by atoms with E-state index >= 15 is 0 Å². The first-order chi connectivity index (χ1) is 12.8. The van der Waals surface area contributed by atoms with Crippen LogP contribution in [-0.4, -0.2) is 26.0 Å². The van der Waals surface area contributed by atoms with Gasteiger partial charge < -0.3 is 0 Å². The van der Waals surface area contributed by atoms with Gasteiger partial charge in [-0.3, -0.25) is 4.79 Å². The molecule has 0 saturated carbocycles. The van der Waals surface area contributed by atoms with Crippen molar-refractivity contribution in [1.82, 2.24) is 14.8 Å². The van der Waals surface area contributed by atoms with E-state index < -0.39 is 11.6 Å². The summed E-state index contributed by atoms with van der Waals surface area (Å²) in [5, 5.41) is 3.23. The summed E-state index contributed by atoms with van der Waals surface area (Å²) in [7, 11) is 2.20. The largest absolute Gasteiger partial charge is 0.291 e. The molecule has 4 nitrogen and oxygen atoms in total. The van der Waals surface area contributed by atoms with E-state index in [0.29, 0.717) is 25.7 Å². The molecule has 148 valence electrons. The Kier molecular flexibility index (Phi) is 7.60. The van der Waals surface area contributed by atoms with Gasteiger partial charge in [0.15, 0.2) is 12.0 Å². The van der Waals surface area contributed by atoms with Crippen LogP contribution in [0.15, 0.2) is 30.3 Å². The zero-order chi connectivity index (χ0) is 20.0. The first-order valence-electron chi connectivity index (χ1n) is 9.49. The molecule has 0 aliphatic carbocycles. The number of Topliss-reactive ketones (excluding diaryl/α,β-unsaturated/α-hetero) is 1. The molecule has 1 aliphatic rings. The van der Waals surface area contributed by atoms with Crippen molar-refractivity contribution in [2.24, 2.45) is 0 Å². The third kappa shape index (κ3) is 5.41. The van der Waals surface area contributed by atoms with Crippen LogP contribution in [0.4, 0.5) is 8.78 Å². The molecule has 1 aromatic heterocycles. The Labute approximate surface area is 162 Å². The summed E-state index contributed by atoms with van der Waals surface area (Å²) >= 11 is 0. The number of fused-ring (bicyclic) bond motifs is 1. The van der Waals surface area contributed by atoms with Gasteiger partial charge in [0, 0.05) is 12.8 Å². The van der Waals surface area contributed by atoms with Crippen molar-refractivity contribution in [2.45, 2.75) is 70.5 Å². The summed E-state index contributed by atoms with van der Waals surface area (Å²) in [6, 6.07) is 9.48. The molecule has 0 radical (unpaired) electrons. The fraction of sp³-hybridized carbons (Fsp3) is 0.550. The van der Waals surface area contributed by atoms with E-state index in [1.54, 1.807) is 4.68 Å². The maximum Gasteiger partial charge on any atom is 0.217 e. The van der Waals surface area contributed by atoms with Gasteiger partial charge in [-0.1, -0.05) is 60.3 Å². The molecule has 0 amide bonds. The Balaban J connectivity index is 0.000000321. The van der Waals surface area contributed by atoms with E-state index in [4.69, 9.17) is 0 Å². The molecule has 0 N–H and O–H groups in total. The fourth-order valence-electron chi connectivity index (χ4n) is 2.84. The molecule has 2 aromatic rings. The second kappa shape index (κ2) is 9.50. The van der Waals surface area contributed by atoms with E-state index in [1.807, 2.05) is 51.1 Å². The van der Waals surface area contributed by atoms with E-state index in [9.17, 15) is 13.6 Å². The number of halogens is 2. The number of ketones is 1. The number of nitrogens with zero attached hydrogens (tertiary/aromatic N) is 3. The quantitative estimate of drug-likeness (QED) is 0.472. The molecule has 0 spiro atoms. The molecule has 0 fully saturated rings. The highest BCUT2D eigenvalue weighted by Gasteiger charge is 2.36. The zero-order valence-corrected chi connectivity index (χ0v) is 17.3. The van der Waals surface area contributed by atoms with Crippen LogP contribution >= 0.6 is 9.24 Å². The first kappa shape index (κ1) is 21.6. The molecule has 7 heteroatoms. The number of aromatic nitrogens is 3. The maximum absolute atomic E-state index is 14.1. The highest BCUT2D eigenvalue weighted by atomic mass is 31.0. The summed E-state index contributed by atoms with van der Waals surface area (Å²) in [5.74, 6) is 0.303. The molecule has 0 bridgehead atoms. The molecule has 1 aromatic carbocycles. The minimum atomic E-state index is -1.16. The lowest BCUT2D eigenvalue weighted by molar-refractivity contribution is 0.0971. The lowest BCUT2D eigenvalue weighted by Crippen LogP contribution is -2.09. The lowest BCUT2D eigenvalue weighted by atomic mass is 10.0. The number of hydrogen-bond donors (Lipinski definition) is 0. The average Bonchev–Trinajstić information content (AvgIpc) is 3.24. The van der Waals surface area contributed by atoms with Crippen molar-refractivity contribution in [1.29, 1.82) is 0 Å². The molecular formula is C20H28F2N3OP. The van der Waals surface area contributed by atoms with Gasteiger partial charge in [-0.05, 0) is 24.8 Å². The monoisotopic (exact) mass is 395 g/mol. The van der Waals surface area contributed by atoms with Gasteiger partial charge in [-0.25, -0.2) is 18.4 Å².